The molecule has 2 N–H and O–H groups in total. The lowest BCUT2D eigenvalue weighted by Crippen LogP contribution is -2.45. The molecule has 0 radical (unpaired) electrons. The van der Waals surface area contributed by atoms with Gasteiger partial charge < -0.3 is 5.73 Å². The average Bonchev–Trinajstić information content (AvgIpc) is 2.62. The van der Waals surface area contributed by atoms with Gasteiger partial charge in [0.2, 0.25) is 10.0 Å². The lowest BCUT2D eigenvalue weighted by atomic mass is 9.93. The van der Waals surface area contributed by atoms with E-state index in [1.54, 1.807) is 0 Å². The molecule has 2 aromatic rings. The molecule has 0 amide bonds. The standard InChI is InChI=1S/C17H22N4O2S/c1-13(18)15-8-5-9-21(12-15)24(22,23)16-10-19-17(20-11-16)14-6-3-2-4-7-14/h2-4,6-7,10-11,13,15H,5,8-9,12,18H2,1H3. The first-order valence-corrected chi connectivity index (χ1v) is 9.55. The third-order valence-electron chi connectivity index (χ3n) is 4.46. The molecular weight excluding hydrogens is 324 g/mol. The minimum absolute atomic E-state index is 0.0142. The lowest BCUT2D eigenvalue weighted by Gasteiger charge is -2.33. The molecule has 3 rings (SSSR count). The van der Waals surface area contributed by atoms with Crippen LogP contribution < -0.4 is 5.73 Å². The molecule has 0 bridgehead atoms. The number of nitrogens with zero attached hydrogens (tertiary/aromatic N) is 3. The highest BCUT2D eigenvalue weighted by Gasteiger charge is 2.32. The van der Waals surface area contributed by atoms with E-state index in [0.29, 0.717) is 18.9 Å². The summed E-state index contributed by atoms with van der Waals surface area (Å²) in [7, 11) is -3.57. The zero-order chi connectivity index (χ0) is 17.2. The molecule has 0 spiro atoms. The van der Waals surface area contributed by atoms with Crippen LogP contribution >= 0.6 is 0 Å². The SMILES string of the molecule is CC(N)C1CCCN(S(=O)(=O)c2cnc(-c3ccccc3)nc2)C1. The Bertz CT molecular complexity index is 776. The maximum absolute atomic E-state index is 12.8. The van der Waals surface area contributed by atoms with Gasteiger partial charge in [0.15, 0.2) is 5.82 Å². The van der Waals surface area contributed by atoms with E-state index in [-0.39, 0.29) is 16.9 Å². The summed E-state index contributed by atoms with van der Waals surface area (Å²) < 4.78 is 27.1. The number of hydrogen-bond donors (Lipinski definition) is 1. The van der Waals surface area contributed by atoms with Crippen LogP contribution in [0.2, 0.25) is 0 Å². The fraction of sp³-hybridized carbons (Fsp3) is 0.412. The summed E-state index contributed by atoms with van der Waals surface area (Å²) in [6.07, 6.45) is 4.57. The van der Waals surface area contributed by atoms with Crippen molar-refractivity contribution in [3.63, 3.8) is 0 Å². The van der Waals surface area contributed by atoms with Crippen LogP contribution in [-0.2, 0) is 10.0 Å². The Morgan fingerprint density at radius 3 is 2.50 bits per heavy atom. The molecule has 0 saturated carbocycles. The molecule has 128 valence electrons. The van der Waals surface area contributed by atoms with Gasteiger partial charge >= 0.3 is 0 Å². The van der Waals surface area contributed by atoms with Crippen LogP contribution in [0.3, 0.4) is 0 Å². The highest BCUT2D eigenvalue weighted by atomic mass is 32.2. The molecule has 24 heavy (non-hydrogen) atoms. The Morgan fingerprint density at radius 1 is 1.21 bits per heavy atom. The molecule has 2 atom stereocenters. The molecule has 1 aromatic heterocycles. The maximum atomic E-state index is 12.8. The van der Waals surface area contributed by atoms with Crippen molar-refractivity contribution >= 4 is 10.0 Å². The Labute approximate surface area is 142 Å². The molecular formula is C17H22N4O2S. The highest BCUT2D eigenvalue weighted by molar-refractivity contribution is 7.89. The number of sulfonamides is 1. The predicted octanol–water partition coefficient (Wildman–Crippen LogP) is 1.89. The highest BCUT2D eigenvalue weighted by Crippen LogP contribution is 2.25. The van der Waals surface area contributed by atoms with E-state index in [1.807, 2.05) is 37.3 Å². The Balaban J connectivity index is 1.82. The third-order valence-corrected chi connectivity index (χ3v) is 6.28. The van der Waals surface area contributed by atoms with Crippen LogP contribution in [0.4, 0.5) is 0 Å². The van der Waals surface area contributed by atoms with Crippen LogP contribution in [0.15, 0.2) is 47.6 Å². The minimum Gasteiger partial charge on any atom is -0.328 e. The second-order valence-corrected chi connectivity index (χ2v) is 8.17. The number of nitrogens with two attached hydrogens (primary N) is 1. The molecule has 1 aromatic carbocycles. The quantitative estimate of drug-likeness (QED) is 0.913. The van der Waals surface area contributed by atoms with Crippen molar-refractivity contribution in [2.45, 2.75) is 30.7 Å². The van der Waals surface area contributed by atoms with E-state index < -0.39 is 10.0 Å². The second kappa shape index (κ2) is 6.96. The Kier molecular flexibility index (Phi) is 4.93. The molecule has 1 aliphatic heterocycles. The van der Waals surface area contributed by atoms with Crippen LogP contribution in [0, 0.1) is 5.92 Å². The predicted molar refractivity (Wildman–Crippen MR) is 92.6 cm³/mol. The van der Waals surface area contributed by atoms with Crippen LogP contribution in [0.1, 0.15) is 19.8 Å². The van der Waals surface area contributed by atoms with Crippen molar-refractivity contribution in [1.29, 1.82) is 0 Å². The smallest absolute Gasteiger partial charge is 0.246 e. The van der Waals surface area contributed by atoms with E-state index >= 15 is 0 Å². The van der Waals surface area contributed by atoms with Crippen molar-refractivity contribution in [3.05, 3.63) is 42.7 Å². The summed E-state index contributed by atoms with van der Waals surface area (Å²) in [6, 6.07) is 9.46. The summed E-state index contributed by atoms with van der Waals surface area (Å²) in [5.74, 6) is 0.708. The fourth-order valence-corrected chi connectivity index (χ4v) is 4.38. The second-order valence-electron chi connectivity index (χ2n) is 6.23. The van der Waals surface area contributed by atoms with Gasteiger partial charge in [-0.3, -0.25) is 0 Å². The van der Waals surface area contributed by atoms with Gasteiger partial charge in [0, 0.05) is 24.7 Å². The summed E-state index contributed by atoms with van der Waals surface area (Å²) in [6.45, 7) is 2.91. The molecule has 1 aliphatic rings. The van der Waals surface area contributed by atoms with Crippen molar-refractivity contribution in [2.24, 2.45) is 11.7 Å². The lowest BCUT2D eigenvalue weighted by molar-refractivity contribution is 0.243. The molecule has 1 saturated heterocycles. The Morgan fingerprint density at radius 2 is 1.88 bits per heavy atom. The normalized spacial score (nSPS) is 20.7. The number of hydrogen-bond acceptors (Lipinski definition) is 5. The largest absolute Gasteiger partial charge is 0.328 e. The van der Waals surface area contributed by atoms with Gasteiger partial charge in [-0.25, -0.2) is 18.4 Å². The van der Waals surface area contributed by atoms with Crippen molar-refractivity contribution in [2.75, 3.05) is 13.1 Å². The van der Waals surface area contributed by atoms with Crippen molar-refractivity contribution < 1.29 is 8.42 Å². The fourth-order valence-electron chi connectivity index (χ4n) is 2.96. The van der Waals surface area contributed by atoms with Crippen molar-refractivity contribution in [1.82, 2.24) is 14.3 Å². The summed E-state index contributed by atoms with van der Waals surface area (Å²) >= 11 is 0. The third kappa shape index (κ3) is 3.48. The summed E-state index contributed by atoms with van der Waals surface area (Å²) in [4.78, 5) is 8.58. The van der Waals surface area contributed by atoms with E-state index in [2.05, 4.69) is 9.97 Å². The summed E-state index contributed by atoms with van der Waals surface area (Å²) in [5.41, 5.74) is 6.81. The molecule has 1 fully saturated rings. The van der Waals surface area contributed by atoms with E-state index in [0.717, 1.165) is 18.4 Å². The van der Waals surface area contributed by atoms with Crippen LogP contribution in [-0.4, -0.2) is 41.8 Å². The van der Waals surface area contributed by atoms with Crippen LogP contribution in [0.25, 0.3) is 11.4 Å². The number of piperidine rings is 1. The zero-order valence-electron chi connectivity index (χ0n) is 13.7. The molecule has 6 nitrogen and oxygen atoms in total. The van der Waals surface area contributed by atoms with Crippen LogP contribution in [0.5, 0.6) is 0 Å². The van der Waals surface area contributed by atoms with Gasteiger partial charge in [-0.05, 0) is 25.7 Å². The van der Waals surface area contributed by atoms with E-state index in [4.69, 9.17) is 5.73 Å². The zero-order valence-corrected chi connectivity index (χ0v) is 14.5. The van der Waals surface area contributed by atoms with Gasteiger partial charge in [0.1, 0.15) is 4.90 Å². The molecule has 2 heterocycles. The topological polar surface area (TPSA) is 89.2 Å². The summed E-state index contributed by atoms with van der Waals surface area (Å²) in [5, 5.41) is 0. The van der Waals surface area contributed by atoms with Gasteiger partial charge in [0.05, 0.1) is 12.4 Å². The Hall–Kier alpha value is -1.83. The van der Waals surface area contributed by atoms with Gasteiger partial charge in [0.25, 0.3) is 0 Å². The maximum Gasteiger partial charge on any atom is 0.246 e. The first kappa shape index (κ1) is 17.0. The average molecular weight is 346 g/mol. The number of aromatic nitrogens is 2. The number of benzene rings is 1. The van der Waals surface area contributed by atoms with E-state index in [9.17, 15) is 8.42 Å². The first-order valence-electron chi connectivity index (χ1n) is 8.11. The molecule has 7 heteroatoms. The first-order chi connectivity index (χ1) is 11.5. The van der Waals surface area contributed by atoms with Gasteiger partial charge in [-0.2, -0.15) is 4.31 Å². The molecule has 0 aliphatic carbocycles. The van der Waals surface area contributed by atoms with Gasteiger partial charge in [-0.15, -0.1) is 0 Å². The van der Waals surface area contributed by atoms with Gasteiger partial charge in [-0.1, -0.05) is 30.3 Å². The monoisotopic (exact) mass is 346 g/mol. The van der Waals surface area contributed by atoms with E-state index in [1.165, 1.54) is 16.7 Å². The molecule has 2 unspecified atom stereocenters. The number of rotatable bonds is 4. The minimum atomic E-state index is -3.57. The van der Waals surface area contributed by atoms with Crippen molar-refractivity contribution in [3.8, 4) is 11.4 Å².